The molecule has 2 aliphatic rings. The van der Waals surface area contributed by atoms with Gasteiger partial charge in [0, 0.05) is 25.3 Å². The molecule has 102 valence electrons. The van der Waals surface area contributed by atoms with Crippen LogP contribution in [0.25, 0.3) is 0 Å². The summed E-state index contributed by atoms with van der Waals surface area (Å²) in [5.41, 5.74) is 2.30. The Kier molecular flexibility index (Phi) is 3.69. The Labute approximate surface area is 113 Å². The van der Waals surface area contributed by atoms with Crippen LogP contribution in [0.3, 0.4) is 0 Å². The number of benzene rings is 1. The second-order valence-corrected chi connectivity index (χ2v) is 5.29. The van der Waals surface area contributed by atoms with Crippen molar-refractivity contribution in [1.82, 2.24) is 5.32 Å². The number of anilines is 1. The van der Waals surface area contributed by atoms with E-state index in [4.69, 9.17) is 4.74 Å². The number of carbonyl (C=O) groups excluding carboxylic acids is 1. The number of nitrogens with one attached hydrogen (secondary N) is 2. The molecular formula is C15H20N2O2. The average molecular weight is 260 g/mol. The first-order valence-electron chi connectivity index (χ1n) is 7.07. The van der Waals surface area contributed by atoms with Gasteiger partial charge in [0.1, 0.15) is 6.04 Å². The van der Waals surface area contributed by atoms with Crippen LogP contribution in [-0.4, -0.2) is 31.2 Å². The minimum absolute atomic E-state index is 0.0744. The number of hydrogen-bond acceptors (Lipinski definition) is 3. The van der Waals surface area contributed by atoms with Crippen LogP contribution in [0.1, 0.15) is 24.8 Å². The summed E-state index contributed by atoms with van der Waals surface area (Å²) in [6, 6.07) is 7.95. The Morgan fingerprint density at radius 3 is 3.05 bits per heavy atom. The Morgan fingerprint density at radius 2 is 2.26 bits per heavy atom. The molecule has 1 aromatic carbocycles. The second-order valence-electron chi connectivity index (χ2n) is 5.29. The number of amides is 1. The summed E-state index contributed by atoms with van der Waals surface area (Å²) >= 11 is 0. The highest BCUT2D eigenvalue weighted by Crippen LogP contribution is 2.25. The van der Waals surface area contributed by atoms with Crippen LogP contribution in [0.5, 0.6) is 0 Å². The van der Waals surface area contributed by atoms with Crippen LogP contribution in [0.15, 0.2) is 24.3 Å². The molecule has 2 aliphatic heterocycles. The topological polar surface area (TPSA) is 50.4 Å². The maximum atomic E-state index is 12.1. The van der Waals surface area contributed by atoms with Gasteiger partial charge in [0.2, 0.25) is 5.91 Å². The Bertz CT molecular complexity index is 430. The van der Waals surface area contributed by atoms with E-state index in [1.807, 2.05) is 18.2 Å². The fraction of sp³-hybridized carbons (Fsp3) is 0.533. The Morgan fingerprint density at radius 1 is 1.37 bits per heavy atom. The summed E-state index contributed by atoms with van der Waals surface area (Å²) in [6.45, 7) is 1.46. The zero-order valence-corrected chi connectivity index (χ0v) is 11.0. The molecule has 0 aliphatic carbocycles. The van der Waals surface area contributed by atoms with Crippen molar-refractivity contribution in [3.8, 4) is 0 Å². The highest BCUT2D eigenvalue weighted by Gasteiger charge is 2.26. The number of rotatable bonds is 3. The van der Waals surface area contributed by atoms with E-state index in [2.05, 4.69) is 16.7 Å². The first-order valence-corrected chi connectivity index (χ1v) is 7.07. The zero-order valence-electron chi connectivity index (χ0n) is 11.0. The zero-order chi connectivity index (χ0) is 13.1. The van der Waals surface area contributed by atoms with Gasteiger partial charge in [0.25, 0.3) is 0 Å². The van der Waals surface area contributed by atoms with E-state index in [0.29, 0.717) is 6.54 Å². The van der Waals surface area contributed by atoms with E-state index in [1.165, 1.54) is 12.0 Å². The first-order chi connectivity index (χ1) is 9.33. The van der Waals surface area contributed by atoms with Crippen LogP contribution in [0.4, 0.5) is 5.69 Å². The van der Waals surface area contributed by atoms with Crippen molar-refractivity contribution in [3.63, 3.8) is 0 Å². The van der Waals surface area contributed by atoms with Crippen molar-refractivity contribution >= 4 is 11.6 Å². The first kappa shape index (κ1) is 12.5. The molecule has 4 nitrogen and oxygen atoms in total. The molecule has 2 atom stereocenters. The van der Waals surface area contributed by atoms with E-state index in [1.54, 1.807) is 0 Å². The number of fused-ring (bicyclic) bond motifs is 1. The molecule has 2 heterocycles. The molecule has 0 aromatic heterocycles. The van der Waals surface area contributed by atoms with Gasteiger partial charge in [-0.05, 0) is 30.9 Å². The summed E-state index contributed by atoms with van der Waals surface area (Å²) in [5, 5.41) is 6.27. The van der Waals surface area contributed by atoms with Crippen LogP contribution in [-0.2, 0) is 16.0 Å². The molecule has 1 amide bonds. The maximum Gasteiger partial charge on any atom is 0.242 e. The third kappa shape index (κ3) is 2.89. The summed E-state index contributed by atoms with van der Waals surface area (Å²) in [6.07, 6.45) is 4.37. The van der Waals surface area contributed by atoms with E-state index in [-0.39, 0.29) is 18.1 Å². The van der Waals surface area contributed by atoms with E-state index < -0.39 is 0 Å². The highest BCUT2D eigenvalue weighted by atomic mass is 16.5. The van der Waals surface area contributed by atoms with Crippen LogP contribution in [0.2, 0.25) is 0 Å². The lowest BCUT2D eigenvalue weighted by molar-refractivity contribution is -0.122. The normalized spacial score (nSPS) is 25.5. The Balaban J connectivity index is 1.49. The molecule has 3 rings (SSSR count). The summed E-state index contributed by atoms with van der Waals surface area (Å²) in [7, 11) is 0. The lowest BCUT2D eigenvalue weighted by atomic mass is 10.1. The predicted molar refractivity (Wildman–Crippen MR) is 74.2 cm³/mol. The van der Waals surface area contributed by atoms with Crippen molar-refractivity contribution in [2.75, 3.05) is 18.5 Å². The maximum absolute atomic E-state index is 12.1. The van der Waals surface area contributed by atoms with Gasteiger partial charge in [0.15, 0.2) is 0 Å². The number of hydrogen-bond donors (Lipinski definition) is 2. The molecule has 0 saturated carbocycles. The van der Waals surface area contributed by atoms with E-state index in [0.717, 1.165) is 31.6 Å². The molecule has 0 bridgehead atoms. The van der Waals surface area contributed by atoms with Crippen LogP contribution < -0.4 is 10.6 Å². The number of ether oxygens (including phenoxy) is 1. The fourth-order valence-corrected chi connectivity index (χ4v) is 2.76. The van der Waals surface area contributed by atoms with Crippen molar-refractivity contribution in [1.29, 1.82) is 0 Å². The number of para-hydroxylation sites is 1. The van der Waals surface area contributed by atoms with Crippen molar-refractivity contribution < 1.29 is 9.53 Å². The molecular weight excluding hydrogens is 240 g/mol. The molecule has 2 unspecified atom stereocenters. The third-order valence-electron chi connectivity index (χ3n) is 3.87. The second kappa shape index (κ2) is 5.61. The molecule has 19 heavy (non-hydrogen) atoms. The third-order valence-corrected chi connectivity index (χ3v) is 3.87. The van der Waals surface area contributed by atoms with Gasteiger partial charge >= 0.3 is 0 Å². The minimum atomic E-state index is -0.138. The van der Waals surface area contributed by atoms with Gasteiger partial charge in [-0.25, -0.2) is 0 Å². The highest BCUT2D eigenvalue weighted by molar-refractivity contribution is 5.87. The van der Waals surface area contributed by atoms with Crippen molar-refractivity contribution in [2.45, 2.75) is 37.8 Å². The minimum Gasteiger partial charge on any atom is -0.376 e. The molecule has 0 radical (unpaired) electrons. The van der Waals surface area contributed by atoms with Crippen molar-refractivity contribution in [3.05, 3.63) is 29.8 Å². The predicted octanol–water partition coefficient (Wildman–Crippen LogP) is 1.71. The average Bonchev–Trinajstić information content (AvgIpc) is 2.90. The summed E-state index contributed by atoms with van der Waals surface area (Å²) < 4.78 is 5.62. The van der Waals surface area contributed by atoms with Gasteiger partial charge in [-0.1, -0.05) is 18.2 Å². The van der Waals surface area contributed by atoms with Gasteiger partial charge in [0.05, 0.1) is 6.10 Å². The monoisotopic (exact) mass is 260 g/mol. The number of carbonyl (C=O) groups is 1. The van der Waals surface area contributed by atoms with Gasteiger partial charge in [-0.15, -0.1) is 0 Å². The quantitative estimate of drug-likeness (QED) is 0.870. The largest absolute Gasteiger partial charge is 0.376 e. The standard InChI is InChI=1S/C15H20N2O2/c18-15(16-10-12-6-3-4-8-19-12)14-9-11-5-1-2-7-13(11)17-14/h1-2,5,7,12,14,17H,3-4,6,8-10H2,(H,16,18). The molecule has 4 heteroatoms. The van der Waals surface area contributed by atoms with Crippen LogP contribution >= 0.6 is 0 Å². The fourth-order valence-electron chi connectivity index (χ4n) is 2.76. The SMILES string of the molecule is O=C(NCC1CCCCO1)C1Cc2ccccc2N1. The van der Waals surface area contributed by atoms with Gasteiger partial charge in [-0.2, -0.15) is 0 Å². The molecule has 1 aromatic rings. The molecule has 2 N–H and O–H groups in total. The van der Waals surface area contributed by atoms with Crippen molar-refractivity contribution in [2.24, 2.45) is 0 Å². The Hall–Kier alpha value is -1.55. The molecule has 1 saturated heterocycles. The lowest BCUT2D eigenvalue weighted by Gasteiger charge is -2.23. The lowest BCUT2D eigenvalue weighted by Crippen LogP contribution is -2.43. The molecule has 1 fully saturated rings. The van der Waals surface area contributed by atoms with E-state index >= 15 is 0 Å². The summed E-state index contributed by atoms with van der Waals surface area (Å²) in [4.78, 5) is 12.1. The summed E-state index contributed by atoms with van der Waals surface area (Å²) in [5.74, 6) is 0.0744. The van der Waals surface area contributed by atoms with E-state index in [9.17, 15) is 4.79 Å². The van der Waals surface area contributed by atoms with Crippen LogP contribution in [0, 0.1) is 0 Å². The smallest absolute Gasteiger partial charge is 0.242 e. The van der Waals surface area contributed by atoms with Gasteiger partial charge in [-0.3, -0.25) is 4.79 Å². The molecule has 0 spiro atoms. The van der Waals surface area contributed by atoms with Gasteiger partial charge < -0.3 is 15.4 Å².